The van der Waals surface area contributed by atoms with Gasteiger partial charge in [-0.2, -0.15) is 5.26 Å². The molecule has 1 aromatic heterocycles. The summed E-state index contributed by atoms with van der Waals surface area (Å²) in [4.78, 5) is 4.13. The minimum absolute atomic E-state index is 0.271. The third-order valence-corrected chi connectivity index (χ3v) is 2.57. The molecule has 0 fully saturated rings. The van der Waals surface area contributed by atoms with Gasteiger partial charge in [-0.25, -0.2) is 0 Å². The Bertz CT molecular complexity index is 346. The first kappa shape index (κ1) is 10.6. The third-order valence-electron chi connectivity index (χ3n) is 1.50. The molecule has 0 aliphatic rings. The first-order valence-electron chi connectivity index (χ1n) is 3.58. The van der Waals surface area contributed by atoms with Gasteiger partial charge in [-0.15, -0.1) is 0 Å². The lowest BCUT2D eigenvalue weighted by Gasteiger charge is -2.08. The summed E-state index contributed by atoms with van der Waals surface area (Å²) in [5, 5.41) is 8.46. The third kappa shape index (κ3) is 2.76. The highest BCUT2D eigenvalue weighted by atomic mass is 79.9. The largest absolute Gasteiger partial charge is 0.322 e. The van der Waals surface area contributed by atoms with Crippen molar-refractivity contribution >= 4 is 31.9 Å². The highest BCUT2D eigenvalue weighted by Gasteiger charge is 2.10. The van der Waals surface area contributed by atoms with E-state index in [1.54, 1.807) is 6.20 Å². The van der Waals surface area contributed by atoms with E-state index in [1.165, 1.54) is 0 Å². The molecule has 1 atom stereocenters. The Morgan fingerprint density at radius 2 is 2.31 bits per heavy atom. The van der Waals surface area contributed by atoms with Crippen LogP contribution in [0.3, 0.4) is 0 Å². The summed E-state index contributed by atoms with van der Waals surface area (Å²) in [6.45, 7) is 0. The van der Waals surface area contributed by atoms with E-state index in [0.717, 1.165) is 8.95 Å². The van der Waals surface area contributed by atoms with E-state index in [0.29, 0.717) is 5.69 Å². The molecule has 0 bridgehead atoms. The highest BCUT2D eigenvalue weighted by Crippen LogP contribution is 2.24. The molecule has 0 aliphatic carbocycles. The number of hydrogen-bond acceptors (Lipinski definition) is 3. The first-order chi connectivity index (χ1) is 6.15. The van der Waals surface area contributed by atoms with Crippen molar-refractivity contribution in [3.8, 4) is 6.07 Å². The lowest BCUT2D eigenvalue weighted by Crippen LogP contribution is -2.11. The predicted octanol–water partition coefficient (Wildman–Crippen LogP) is 2.52. The van der Waals surface area contributed by atoms with E-state index in [-0.39, 0.29) is 12.5 Å². The fourth-order valence-electron chi connectivity index (χ4n) is 0.893. The van der Waals surface area contributed by atoms with Gasteiger partial charge < -0.3 is 5.73 Å². The van der Waals surface area contributed by atoms with Gasteiger partial charge in [0.1, 0.15) is 0 Å². The van der Waals surface area contributed by atoms with Crippen LogP contribution in [0.2, 0.25) is 0 Å². The van der Waals surface area contributed by atoms with Crippen LogP contribution in [0.5, 0.6) is 0 Å². The fourth-order valence-corrected chi connectivity index (χ4v) is 2.17. The zero-order chi connectivity index (χ0) is 9.84. The Labute approximate surface area is 93.2 Å². The predicted molar refractivity (Wildman–Crippen MR) is 56.8 cm³/mol. The zero-order valence-corrected chi connectivity index (χ0v) is 9.84. The molecule has 1 unspecified atom stereocenters. The van der Waals surface area contributed by atoms with Crippen LogP contribution < -0.4 is 5.73 Å². The molecule has 1 rings (SSSR count). The van der Waals surface area contributed by atoms with E-state index >= 15 is 0 Å². The van der Waals surface area contributed by atoms with Crippen LogP contribution in [-0.2, 0) is 0 Å². The van der Waals surface area contributed by atoms with Gasteiger partial charge in [-0.05, 0) is 37.9 Å². The van der Waals surface area contributed by atoms with Crippen molar-refractivity contribution in [2.24, 2.45) is 5.73 Å². The number of nitriles is 1. The molecule has 0 aliphatic heterocycles. The highest BCUT2D eigenvalue weighted by molar-refractivity contribution is 9.11. The smallest absolute Gasteiger partial charge is 0.0724 e. The van der Waals surface area contributed by atoms with E-state index in [9.17, 15) is 0 Å². The molecular formula is C8H7Br2N3. The maximum Gasteiger partial charge on any atom is 0.0724 e. The summed E-state index contributed by atoms with van der Waals surface area (Å²) in [7, 11) is 0. The Kier molecular flexibility index (Phi) is 3.85. The normalized spacial score (nSPS) is 12.2. The molecule has 5 heteroatoms. The minimum atomic E-state index is -0.326. The summed E-state index contributed by atoms with van der Waals surface area (Å²) in [6.07, 6.45) is 1.94. The van der Waals surface area contributed by atoms with E-state index in [2.05, 4.69) is 36.8 Å². The fraction of sp³-hybridized carbons (Fsp3) is 0.250. The van der Waals surface area contributed by atoms with Crippen LogP contribution in [0.15, 0.2) is 21.2 Å². The van der Waals surface area contributed by atoms with Gasteiger partial charge in [0.05, 0.1) is 24.2 Å². The Morgan fingerprint density at radius 3 is 2.85 bits per heavy atom. The topological polar surface area (TPSA) is 62.7 Å². The zero-order valence-electron chi connectivity index (χ0n) is 6.67. The SMILES string of the molecule is N#CCC(N)c1ncc(Br)cc1Br. The van der Waals surface area contributed by atoms with E-state index in [4.69, 9.17) is 11.0 Å². The van der Waals surface area contributed by atoms with Crippen LogP contribution >= 0.6 is 31.9 Å². The van der Waals surface area contributed by atoms with Crippen molar-refractivity contribution in [3.05, 3.63) is 26.9 Å². The summed E-state index contributed by atoms with van der Waals surface area (Å²) >= 11 is 6.62. The molecule has 0 aromatic carbocycles. The summed E-state index contributed by atoms with van der Waals surface area (Å²) in [5.74, 6) is 0. The molecular weight excluding hydrogens is 298 g/mol. The molecule has 0 saturated heterocycles. The van der Waals surface area contributed by atoms with Crippen LogP contribution in [0.25, 0.3) is 0 Å². The molecule has 3 nitrogen and oxygen atoms in total. The standard InChI is InChI=1S/C8H7Br2N3/c9-5-3-6(10)8(13-4-5)7(12)1-2-11/h3-4,7H,1,12H2. The van der Waals surface area contributed by atoms with Crippen LogP contribution in [0, 0.1) is 11.3 Å². The molecule has 1 heterocycles. The quantitative estimate of drug-likeness (QED) is 0.913. The van der Waals surface area contributed by atoms with Gasteiger partial charge in [0.2, 0.25) is 0 Å². The average Bonchev–Trinajstić information content (AvgIpc) is 2.04. The average molecular weight is 305 g/mol. The van der Waals surface area contributed by atoms with Crippen molar-refractivity contribution in [1.29, 1.82) is 5.26 Å². The monoisotopic (exact) mass is 303 g/mol. The minimum Gasteiger partial charge on any atom is -0.322 e. The van der Waals surface area contributed by atoms with Gasteiger partial charge in [-0.1, -0.05) is 0 Å². The second kappa shape index (κ2) is 4.70. The number of halogens is 2. The lowest BCUT2D eigenvalue weighted by atomic mass is 10.1. The van der Waals surface area contributed by atoms with Crippen LogP contribution in [-0.4, -0.2) is 4.98 Å². The number of nitrogens with zero attached hydrogens (tertiary/aromatic N) is 2. The van der Waals surface area contributed by atoms with Crippen LogP contribution in [0.1, 0.15) is 18.2 Å². The van der Waals surface area contributed by atoms with Crippen molar-refractivity contribution in [3.63, 3.8) is 0 Å². The molecule has 2 N–H and O–H groups in total. The number of aromatic nitrogens is 1. The van der Waals surface area contributed by atoms with Crippen molar-refractivity contribution < 1.29 is 0 Å². The second-order valence-corrected chi connectivity index (χ2v) is 4.26. The lowest BCUT2D eigenvalue weighted by molar-refractivity contribution is 0.715. The molecule has 0 saturated carbocycles. The summed E-state index contributed by atoms with van der Waals surface area (Å²) in [5.41, 5.74) is 6.44. The number of pyridine rings is 1. The molecule has 1 aromatic rings. The maximum atomic E-state index is 8.46. The van der Waals surface area contributed by atoms with Gasteiger partial charge in [-0.3, -0.25) is 4.98 Å². The molecule has 0 amide bonds. The summed E-state index contributed by atoms with van der Waals surface area (Å²) < 4.78 is 1.71. The van der Waals surface area contributed by atoms with Crippen LogP contribution in [0.4, 0.5) is 0 Å². The number of hydrogen-bond donors (Lipinski definition) is 1. The maximum absolute atomic E-state index is 8.46. The molecule has 0 spiro atoms. The van der Waals surface area contributed by atoms with Gasteiger partial charge in [0.15, 0.2) is 0 Å². The van der Waals surface area contributed by atoms with Crippen molar-refractivity contribution in [2.75, 3.05) is 0 Å². The second-order valence-electron chi connectivity index (χ2n) is 2.49. The number of nitrogens with two attached hydrogens (primary N) is 1. The molecule has 0 radical (unpaired) electrons. The van der Waals surface area contributed by atoms with Crippen molar-refractivity contribution in [2.45, 2.75) is 12.5 Å². The Hall–Kier alpha value is -0.440. The van der Waals surface area contributed by atoms with Gasteiger partial charge in [0.25, 0.3) is 0 Å². The first-order valence-corrected chi connectivity index (χ1v) is 5.17. The Morgan fingerprint density at radius 1 is 1.62 bits per heavy atom. The Balaban J connectivity index is 2.96. The van der Waals surface area contributed by atoms with Gasteiger partial charge >= 0.3 is 0 Å². The molecule has 13 heavy (non-hydrogen) atoms. The molecule has 68 valence electrons. The number of rotatable bonds is 2. The van der Waals surface area contributed by atoms with E-state index < -0.39 is 0 Å². The summed E-state index contributed by atoms with van der Waals surface area (Å²) in [6, 6.07) is 3.54. The van der Waals surface area contributed by atoms with Crippen molar-refractivity contribution in [1.82, 2.24) is 4.98 Å². The van der Waals surface area contributed by atoms with E-state index in [1.807, 2.05) is 12.1 Å². The van der Waals surface area contributed by atoms with Gasteiger partial charge in [0, 0.05) is 15.1 Å².